The Morgan fingerprint density at radius 2 is 1.28 bits per heavy atom. The third-order valence-electron chi connectivity index (χ3n) is 3.56. The SMILES string of the molecule is O=C(C=CC=Cc1ccccc1)c1ccc(Oc2ccccc2)cc1. The van der Waals surface area contributed by atoms with Gasteiger partial charge >= 0.3 is 0 Å². The molecule has 2 heteroatoms. The molecule has 3 aromatic rings. The van der Waals surface area contributed by atoms with E-state index >= 15 is 0 Å². The van der Waals surface area contributed by atoms with E-state index in [-0.39, 0.29) is 5.78 Å². The van der Waals surface area contributed by atoms with Crippen LogP contribution in [-0.4, -0.2) is 5.78 Å². The molecule has 0 spiro atoms. The first-order chi connectivity index (χ1) is 12.3. The lowest BCUT2D eigenvalue weighted by Crippen LogP contribution is -1.93. The minimum absolute atomic E-state index is 0.0380. The predicted molar refractivity (Wildman–Crippen MR) is 102 cm³/mol. The lowest BCUT2D eigenvalue weighted by atomic mass is 10.1. The molecule has 0 N–H and O–H groups in total. The van der Waals surface area contributed by atoms with Crippen molar-refractivity contribution in [1.82, 2.24) is 0 Å². The average Bonchev–Trinajstić information content (AvgIpc) is 2.67. The van der Waals surface area contributed by atoms with Crippen molar-refractivity contribution in [3.63, 3.8) is 0 Å². The standard InChI is InChI=1S/C23H18O2/c24-23(14-8-7-11-19-9-3-1-4-10-19)20-15-17-22(18-16-20)25-21-12-5-2-6-13-21/h1-18H. The highest BCUT2D eigenvalue weighted by atomic mass is 16.5. The fourth-order valence-electron chi connectivity index (χ4n) is 2.28. The molecule has 3 aromatic carbocycles. The number of hydrogen-bond donors (Lipinski definition) is 0. The van der Waals surface area contributed by atoms with Crippen LogP contribution < -0.4 is 4.74 Å². The molecule has 2 nitrogen and oxygen atoms in total. The zero-order valence-corrected chi connectivity index (χ0v) is 13.7. The van der Waals surface area contributed by atoms with E-state index in [1.807, 2.05) is 72.8 Å². The number of carbonyl (C=O) groups is 1. The molecule has 0 fully saturated rings. The highest BCUT2D eigenvalue weighted by Gasteiger charge is 2.02. The molecular weight excluding hydrogens is 308 g/mol. The van der Waals surface area contributed by atoms with Gasteiger partial charge in [-0.2, -0.15) is 0 Å². The molecule has 0 atom stereocenters. The molecule has 0 amide bonds. The van der Waals surface area contributed by atoms with Crippen molar-refractivity contribution < 1.29 is 9.53 Å². The van der Waals surface area contributed by atoms with Crippen molar-refractivity contribution in [3.8, 4) is 11.5 Å². The summed E-state index contributed by atoms with van der Waals surface area (Å²) in [5, 5.41) is 0. The number of ether oxygens (including phenoxy) is 1. The minimum Gasteiger partial charge on any atom is -0.457 e. The van der Waals surface area contributed by atoms with Gasteiger partial charge in [0.05, 0.1) is 0 Å². The van der Waals surface area contributed by atoms with Crippen molar-refractivity contribution in [2.75, 3.05) is 0 Å². The van der Waals surface area contributed by atoms with E-state index in [0.717, 1.165) is 11.3 Å². The number of para-hydroxylation sites is 1. The second-order valence-electron chi connectivity index (χ2n) is 5.43. The third-order valence-corrected chi connectivity index (χ3v) is 3.56. The van der Waals surface area contributed by atoms with Crippen LogP contribution in [0, 0.1) is 0 Å². The first-order valence-electron chi connectivity index (χ1n) is 8.08. The number of carbonyl (C=O) groups excluding carboxylic acids is 1. The lowest BCUT2D eigenvalue weighted by molar-refractivity contribution is 0.104. The zero-order chi connectivity index (χ0) is 17.3. The first kappa shape index (κ1) is 16.5. The Morgan fingerprint density at radius 3 is 1.96 bits per heavy atom. The van der Waals surface area contributed by atoms with Gasteiger partial charge in [-0.15, -0.1) is 0 Å². The van der Waals surface area contributed by atoms with Crippen LogP contribution >= 0.6 is 0 Å². The maximum atomic E-state index is 12.2. The van der Waals surface area contributed by atoms with Crippen LogP contribution in [0.25, 0.3) is 6.08 Å². The molecule has 0 saturated heterocycles. The monoisotopic (exact) mass is 326 g/mol. The Hall–Kier alpha value is -3.39. The Bertz CT molecular complexity index is 861. The molecule has 0 bridgehead atoms. The van der Waals surface area contributed by atoms with Gasteiger partial charge in [-0.05, 0) is 48.0 Å². The number of ketones is 1. The van der Waals surface area contributed by atoms with Crippen molar-refractivity contribution >= 4 is 11.9 Å². The van der Waals surface area contributed by atoms with Crippen molar-refractivity contribution in [2.45, 2.75) is 0 Å². The summed E-state index contributed by atoms with van der Waals surface area (Å²) < 4.78 is 5.72. The Morgan fingerprint density at radius 1 is 0.680 bits per heavy atom. The van der Waals surface area contributed by atoms with Crippen molar-refractivity contribution in [1.29, 1.82) is 0 Å². The summed E-state index contributed by atoms with van der Waals surface area (Å²) in [5.41, 5.74) is 1.73. The number of benzene rings is 3. The van der Waals surface area contributed by atoms with E-state index in [1.165, 1.54) is 0 Å². The Labute approximate surface area is 147 Å². The molecule has 0 aromatic heterocycles. The second kappa shape index (κ2) is 8.46. The molecule has 0 unspecified atom stereocenters. The van der Waals surface area contributed by atoms with E-state index in [4.69, 9.17) is 4.74 Å². The molecular formula is C23H18O2. The molecule has 3 rings (SSSR count). The summed E-state index contributed by atoms with van der Waals surface area (Å²) in [5.74, 6) is 1.44. The summed E-state index contributed by atoms with van der Waals surface area (Å²) in [7, 11) is 0. The summed E-state index contributed by atoms with van der Waals surface area (Å²) in [6.45, 7) is 0. The lowest BCUT2D eigenvalue weighted by Gasteiger charge is -2.05. The Kier molecular flexibility index (Phi) is 5.57. The number of allylic oxidation sites excluding steroid dienone is 3. The minimum atomic E-state index is -0.0380. The van der Waals surface area contributed by atoms with Crippen molar-refractivity contribution in [3.05, 3.63) is 114 Å². The average molecular weight is 326 g/mol. The summed E-state index contributed by atoms with van der Waals surface area (Å²) in [4.78, 5) is 12.2. The van der Waals surface area contributed by atoms with Gasteiger partial charge in [0.1, 0.15) is 11.5 Å². The van der Waals surface area contributed by atoms with Gasteiger partial charge in [0.15, 0.2) is 5.78 Å². The van der Waals surface area contributed by atoms with Gasteiger partial charge in [-0.25, -0.2) is 0 Å². The summed E-state index contributed by atoms with van der Waals surface area (Å²) in [6.07, 6.45) is 7.14. The molecule has 0 saturated carbocycles. The molecule has 0 aliphatic carbocycles. The molecule has 0 radical (unpaired) electrons. The predicted octanol–water partition coefficient (Wildman–Crippen LogP) is 5.93. The molecule has 25 heavy (non-hydrogen) atoms. The van der Waals surface area contributed by atoms with Crippen LogP contribution in [0.4, 0.5) is 0 Å². The third kappa shape index (κ3) is 5.05. The maximum Gasteiger partial charge on any atom is 0.185 e. The molecule has 0 heterocycles. The first-order valence-corrected chi connectivity index (χ1v) is 8.08. The van der Waals surface area contributed by atoms with E-state index in [0.29, 0.717) is 11.3 Å². The van der Waals surface area contributed by atoms with Crippen molar-refractivity contribution in [2.24, 2.45) is 0 Å². The fourth-order valence-corrected chi connectivity index (χ4v) is 2.28. The molecule has 0 aliphatic rings. The summed E-state index contributed by atoms with van der Waals surface area (Å²) >= 11 is 0. The van der Waals surface area contributed by atoms with Crippen LogP contribution in [-0.2, 0) is 0 Å². The zero-order valence-electron chi connectivity index (χ0n) is 13.7. The van der Waals surface area contributed by atoms with Gasteiger partial charge < -0.3 is 4.74 Å². The normalized spacial score (nSPS) is 11.0. The highest BCUT2D eigenvalue weighted by Crippen LogP contribution is 2.21. The van der Waals surface area contributed by atoms with Gasteiger partial charge in [0.25, 0.3) is 0 Å². The smallest absolute Gasteiger partial charge is 0.185 e. The van der Waals surface area contributed by atoms with Crippen LogP contribution in [0.15, 0.2) is 103 Å². The van der Waals surface area contributed by atoms with E-state index < -0.39 is 0 Å². The molecule has 0 aliphatic heterocycles. The second-order valence-corrected chi connectivity index (χ2v) is 5.43. The van der Waals surface area contributed by atoms with Crippen LogP contribution in [0.5, 0.6) is 11.5 Å². The fraction of sp³-hybridized carbons (Fsp3) is 0. The van der Waals surface area contributed by atoms with E-state index in [2.05, 4.69) is 0 Å². The molecule has 122 valence electrons. The van der Waals surface area contributed by atoms with Gasteiger partial charge in [0, 0.05) is 5.56 Å². The number of rotatable bonds is 6. The van der Waals surface area contributed by atoms with E-state index in [9.17, 15) is 4.79 Å². The summed E-state index contributed by atoms with van der Waals surface area (Å²) in [6, 6.07) is 26.6. The topological polar surface area (TPSA) is 26.3 Å². The number of hydrogen-bond acceptors (Lipinski definition) is 2. The van der Waals surface area contributed by atoms with Crippen LogP contribution in [0.1, 0.15) is 15.9 Å². The highest BCUT2D eigenvalue weighted by molar-refractivity contribution is 6.04. The van der Waals surface area contributed by atoms with Gasteiger partial charge in [-0.3, -0.25) is 4.79 Å². The van der Waals surface area contributed by atoms with Gasteiger partial charge in [-0.1, -0.05) is 66.8 Å². The largest absolute Gasteiger partial charge is 0.457 e. The maximum absolute atomic E-state index is 12.2. The van der Waals surface area contributed by atoms with Crippen LogP contribution in [0.3, 0.4) is 0 Å². The van der Waals surface area contributed by atoms with E-state index in [1.54, 1.807) is 36.4 Å². The Balaban J connectivity index is 1.59. The van der Waals surface area contributed by atoms with Crippen LogP contribution in [0.2, 0.25) is 0 Å². The quantitative estimate of drug-likeness (QED) is 0.319. The van der Waals surface area contributed by atoms with Gasteiger partial charge in [0.2, 0.25) is 0 Å².